The fourth-order valence-corrected chi connectivity index (χ4v) is 3.05. The van der Waals surface area contributed by atoms with E-state index in [1.807, 2.05) is 0 Å². The van der Waals surface area contributed by atoms with Gasteiger partial charge < -0.3 is 4.90 Å². The molecule has 0 saturated carbocycles. The van der Waals surface area contributed by atoms with Crippen LogP contribution in [0.1, 0.15) is 19.3 Å². The van der Waals surface area contributed by atoms with Crippen LogP contribution in [-0.4, -0.2) is 35.8 Å². The second-order valence-electron chi connectivity index (χ2n) is 5.10. The molecule has 2 fully saturated rings. The summed E-state index contributed by atoms with van der Waals surface area (Å²) in [5, 5.41) is -0.0474. The Morgan fingerprint density at radius 2 is 2.05 bits per heavy atom. The van der Waals surface area contributed by atoms with E-state index in [1.54, 1.807) is 11.0 Å². The van der Waals surface area contributed by atoms with Crippen molar-refractivity contribution in [3.63, 3.8) is 0 Å². The zero-order chi connectivity index (χ0) is 14.3. The molecule has 0 N–H and O–H groups in total. The van der Waals surface area contributed by atoms with Crippen molar-refractivity contribution in [3.05, 3.63) is 29.0 Å². The van der Waals surface area contributed by atoms with E-state index < -0.39 is 11.9 Å². The molecule has 2 aliphatic rings. The number of nitrogens with zero attached hydrogens (tertiary/aromatic N) is 2. The second-order valence-corrected chi connectivity index (χ2v) is 5.50. The number of halogens is 2. The average Bonchev–Trinajstić information content (AvgIpc) is 2.46. The van der Waals surface area contributed by atoms with Gasteiger partial charge in [-0.2, -0.15) is 0 Å². The fraction of sp³-hybridized carbons (Fsp3) is 0.429. The Morgan fingerprint density at radius 1 is 1.25 bits per heavy atom. The Hall–Kier alpha value is -1.62. The van der Waals surface area contributed by atoms with Gasteiger partial charge in [-0.05, 0) is 31.4 Å². The highest BCUT2D eigenvalue weighted by Gasteiger charge is 2.41. The molecule has 0 aromatic heterocycles. The molecule has 4 nitrogen and oxygen atoms in total. The first-order valence-corrected chi connectivity index (χ1v) is 7.02. The summed E-state index contributed by atoms with van der Waals surface area (Å²) in [4.78, 5) is 27.5. The van der Waals surface area contributed by atoms with Gasteiger partial charge in [0.25, 0.3) is 0 Å². The maximum Gasteiger partial charge on any atom is 0.250 e. The maximum absolute atomic E-state index is 14.1. The van der Waals surface area contributed by atoms with E-state index in [1.165, 1.54) is 17.0 Å². The minimum atomic E-state index is -0.653. The lowest BCUT2D eigenvalue weighted by Gasteiger charge is -2.42. The molecule has 1 unspecified atom stereocenters. The molecule has 0 radical (unpaired) electrons. The number of fused-ring (bicyclic) bond motifs is 1. The highest BCUT2D eigenvalue weighted by Crippen LogP contribution is 2.30. The highest BCUT2D eigenvalue weighted by molar-refractivity contribution is 6.31. The van der Waals surface area contributed by atoms with Gasteiger partial charge in [-0.1, -0.05) is 17.7 Å². The first kappa shape index (κ1) is 13.4. The molecule has 0 spiro atoms. The van der Waals surface area contributed by atoms with Gasteiger partial charge in [0.2, 0.25) is 11.8 Å². The molecule has 2 heterocycles. The molecule has 2 aliphatic heterocycles. The molecule has 0 aliphatic carbocycles. The Bertz CT molecular complexity index is 578. The third-order valence-electron chi connectivity index (χ3n) is 3.89. The molecule has 1 atom stereocenters. The predicted molar refractivity (Wildman–Crippen MR) is 73.1 cm³/mol. The van der Waals surface area contributed by atoms with Crippen molar-refractivity contribution in [2.24, 2.45) is 0 Å². The quantitative estimate of drug-likeness (QED) is 0.797. The van der Waals surface area contributed by atoms with Crippen molar-refractivity contribution in [1.29, 1.82) is 0 Å². The van der Waals surface area contributed by atoms with Crippen LogP contribution >= 0.6 is 11.6 Å². The summed E-state index contributed by atoms with van der Waals surface area (Å²) in [7, 11) is 0. The van der Waals surface area contributed by atoms with Crippen LogP contribution in [0, 0.1) is 5.82 Å². The van der Waals surface area contributed by atoms with E-state index in [9.17, 15) is 14.0 Å². The van der Waals surface area contributed by atoms with Crippen LogP contribution in [0.2, 0.25) is 5.02 Å². The standard InChI is InChI=1S/C14H14ClFN2O2/c15-9-4-3-6-10(13(9)16)18-8-12(19)17-7-2-1-5-11(17)14(18)20/h3-4,6,11H,1-2,5,7-8H2. The normalized spacial score (nSPS) is 23.0. The average molecular weight is 297 g/mol. The molecule has 1 aromatic rings. The Morgan fingerprint density at radius 3 is 2.85 bits per heavy atom. The summed E-state index contributed by atoms with van der Waals surface area (Å²) in [6.07, 6.45) is 2.47. The number of rotatable bonds is 1. The van der Waals surface area contributed by atoms with Crippen molar-refractivity contribution in [3.8, 4) is 0 Å². The SMILES string of the molecule is O=C1C2CCCCN2C(=O)CN1c1cccc(Cl)c1F. The van der Waals surface area contributed by atoms with E-state index in [0.717, 1.165) is 12.8 Å². The molecule has 3 rings (SSSR count). The lowest BCUT2D eigenvalue weighted by Crippen LogP contribution is -2.61. The van der Waals surface area contributed by atoms with Crippen LogP contribution < -0.4 is 4.90 Å². The summed E-state index contributed by atoms with van der Waals surface area (Å²) in [5.74, 6) is -1.00. The number of benzene rings is 1. The van der Waals surface area contributed by atoms with Crippen LogP contribution in [0.25, 0.3) is 0 Å². The molecule has 106 valence electrons. The lowest BCUT2D eigenvalue weighted by atomic mass is 9.98. The van der Waals surface area contributed by atoms with Crippen LogP contribution in [0.4, 0.5) is 10.1 Å². The van der Waals surface area contributed by atoms with E-state index in [2.05, 4.69) is 0 Å². The van der Waals surface area contributed by atoms with Crippen molar-refractivity contribution >= 4 is 29.1 Å². The van der Waals surface area contributed by atoms with Crippen molar-refractivity contribution in [2.75, 3.05) is 18.0 Å². The molecular weight excluding hydrogens is 283 g/mol. The molecule has 2 amide bonds. The summed E-state index contributed by atoms with van der Waals surface area (Å²) >= 11 is 5.75. The first-order valence-electron chi connectivity index (χ1n) is 6.64. The largest absolute Gasteiger partial charge is 0.329 e. The van der Waals surface area contributed by atoms with Gasteiger partial charge in [0, 0.05) is 6.54 Å². The Balaban J connectivity index is 1.96. The van der Waals surface area contributed by atoms with Gasteiger partial charge in [0.05, 0.1) is 10.7 Å². The molecule has 1 aromatic carbocycles. The van der Waals surface area contributed by atoms with Gasteiger partial charge in [0.1, 0.15) is 12.6 Å². The smallest absolute Gasteiger partial charge is 0.250 e. The summed E-state index contributed by atoms with van der Waals surface area (Å²) in [6, 6.07) is 4.02. The van der Waals surface area contributed by atoms with Gasteiger partial charge in [-0.25, -0.2) is 4.39 Å². The van der Waals surface area contributed by atoms with Crippen molar-refractivity contribution < 1.29 is 14.0 Å². The van der Waals surface area contributed by atoms with Gasteiger partial charge >= 0.3 is 0 Å². The minimum absolute atomic E-state index is 0.0474. The Kier molecular flexibility index (Phi) is 3.38. The Labute approximate surface area is 121 Å². The third kappa shape index (κ3) is 2.06. The van der Waals surface area contributed by atoms with Crippen molar-refractivity contribution in [1.82, 2.24) is 4.90 Å². The number of hydrogen-bond acceptors (Lipinski definition) is 2. The molecule has 0 bridgehead atoms. The number of anilines is 1. The minimum Gasteiger partial charge on any atom is -0.329 e. The number of amides is 2. The van der Waals surface area contributed by atoms with E-state index in [4.69, 9.17) is 11.6 Å². The van der Waals surface area contributed by atoms with Gasteiger partial charge in [-0.3, -0.25) is 14.5 Å². The highest BCUT2D eigenvalue weighted by atomic mass is 35.5. The molecule has 20 heavy (non-hydrogen) atoms. The summed E-state index contributed by atoms with van der Waals surface area (Å²) < 4.78 is 14.1. The molecular formula is C14H14ClFN2O2. The number of piperazine rings is 1. The lowest BCUT2D eigenvalue weighted by molar-refractivity contribution is -0.144. The van der Waals surface area contributed by atoms with Crippen molar-refractivity contribution in [2.45, 2.75) is 25.3 Å². The summed E-state index contributed by atoms with van der Waals surface area (Å²) in [6.45, 7) is 0.494. The maximum atomic E-state index is 14.1. The fourth-order valence-electron chi connectivity index (χ4n) is 2.88. The number of carbonyl (C=O) groups is 2. The molecule has 6 heteroatoms. The number of carbonyl (C=O) groups excluding carboxylic acids is 2. The topological polar surface area (TPSA) is 40.6 Å². The molecule has 2 saturated heterocycles. The van der Waals surface area contributed by atoms with Gasteiger partial charge in [0.15, 0.2) is 5.82 Å². The second kappa shape index (κ2) is 5.05. The van der Waals surface area contributed by atoms with Crippen LogP contribution in [0.5, 0.6) is 0 Å². The number of piperidine rings is 1. The van der Waals surface area contributed by atoms with Crippen LogP contribution in [0.3, 0.4) is 0 Å². The summed E-state index contributed by atoms with van der Waals surface area (Å²) in [5.41, 5.74) is 0.0843. The predicted octanol–water partition coefficient (Wildman–Crippen LogP) is 2.21. The van der Waals surface area contributed by atoms with E-state index in [-0.39, 0.29) is 29.1 Å². The first-order chi connectivity index (χ1) is 9.59. The van der Waals surface area contributed by atoms with E-state index in [0.29, 0.717) is 13.0 Å². The van der Waals surface area contributed by atoms with Crippen LogP contribution in [-0.2, 0) is 9.59 Å². The zero-order valence-electron chi connectivity index (χ0n) is 10.8. The monoisotopic (exact) mass is 296 g/mol. The zero-order valence-corrected chi connectivity index (χ0v) is 11.6. The van der Waals surface area contributed by atoms with Crippen LogP contribution in [0.15, 0.2) is 18.2 Å². The third-order valence-corrected chi connectivity index (χ3v) is 4.18. The number of hydrogen-bond donors (Lipinski definition) is 0. The van der Waals surface area contributed by atoms with Gasteiger partial charge in [-0.15, -0.1) is 0 Å². The van der Waals surface area contributed by atoms with E-state index >= 15 is 0 Å².